The minimum atomic E-state index is -0.646. The van der Waals surface area contributed by atoms with E-state index in [1.165, 1.54) is 29.7 Å². The molecule has 0 radical (unpaired) electrons. The van der Waals surface area contributed by atoms with Crippen LogP contribution < -0.4 is 5.43 Å². The van der Waals surface area contributed by atoms with Crippen LogP contribution in [-0.2, 0) is 11.2 Å². The van der Waals surface area contributed by atoms with Gasteiger partial charge >= 0.3 is 5.88 Å². The van der Waals surface area contributed by atoms with E-state index in [1.54, 1.807) is 0 Å². The van der Waals surface area contributed by atoms with Crippen molar-refractivity contribution >= 4 is 29.3 Å². The molecule has 0 saturated carbocycles. The molecule has 0 aliphatic carbocycles. The summed E-state index contributed by atoms with van der Waals surface area (Å²) < 4.78 is 4.84. The minimum absolute atomic E-state index is 0.197. The average molecular weight is 279 g/mol. The van der Waals surface area contributed by atoms with Gasteiger partial charge < -0.3 is 4.42 Å². The summed E-state index contributed by atoms with van der Waals surface area (Å²) in [6.45, 7) is 0. The Morgan fingerprint density at radius 2 is 2.37 bits per heavy atom. The van der Waals surface area contributed by atoms with Gasteiger partial charge in [-0.3, -0.25) is 14.9 Å². The zero-order chi connectivity index (χ0) is 13.7. The SMILES string of the molecule is O=C(Cc1cccs1)N/N=C/c1ccc([N+](=O)[O-])o1. The molecule has 7 nitrogen and oxygen atoms in total. The van der Waals surface area contributed by atoms with E-state index in [1.807, 2.05) is 17.5 Å². The number of nitro groups is 1. The molecule has 0 saturated heterocycles. The molecule has 0 aliphatic rings. The lowest BCUT2D eigenvalue weighted by atomic mass is 10.3. The van der Waals surface area contributed by atoms with E-state index >= 15 is 0 Å². The number of hydrogen-bond donors (Lipinski definition) is 1. The van der Waals surface area contributed by atoms with Gasteiger partial charge in [0.1, 0.15) is 4.92 Å². The summed E-state index contributed by atoms with van der Waals surface area (Å²) in [6.07, 6.45) is 1.45. The summed E-state index contributed by atoms with van der Waals surface area (Å²) >= 11 is 1.48. The lowest BCUT2D eigenvalue weighted by Gasteiger charge is -1.95. The van der Waals surface area contributed by atoms with Gasteiger partial charge in [0.2, 0.25) is 5.91 Å². The van der Waals surface area contributed by atoms with Gasteiger partial charge in [0.25, 0.3) is 0 Å². The molecule has 0 aliphatic heterocycles. The van der Waals surface area contributed by atoms with Crippen LogP contribution in [0.25, 0.3) is 0 Å². The van der Waals surface area contributed by atoms with E-state index in [2.05, 4.69) is 10.5 Å². The number of hydrazone groups is 1. The van der Waals surface area contributed by atoms with Gasteiger partial charge in [0.15, 0.2) is 5.76 Å². The first-order valence-electron chi connectivity index (χ1n) is 5.23. The summed E-state index contributed by atoms with van der Waals surface area (Å²) in [6, 6.07) is 6.32. The van der Waals surface area contributed by atoms with E-state index in [9.17, 15) is 14.9 Å². The van der Waals surface area contributed by atoms with Gasteiger partial charge in [-0.15, -0.1) is 11.3 Å². The molecular weight excluding hydrogens is 270 g/mol. The summed E-state index contributed by atoms with van der Waals surface area (Å²) in [5.41, 5.74) is 2.32. The normalized spacial score (nSPS) is 10.7. The molecule has 19 heavy (non-hydrogen) atoms. The molecule has 2 rings (SSSR count). The maximum absolute atomic E-state index is 11.5. The van der Waals surface area contributed by atoms with Crippen LogP contribution in [0, 0.1) is 10.1 Å². The summed E-state index contributed by atoms with van der Waals surface area (Å²) in [7, 11) is 0. The molecule has 0 atom stereocenters. The fourth-order valence-electron chi connectivity index (χ4n) is 1.29. The maximum atomic E-state index is 11.5. The second kappa shape index (κ2) is 5.91. The molecule has 0 spiro atoms. The van der Waals surface area contributed by atoms with Crippen molar-refractivity contribution in [2.75, 3.05) is 0 Å². The highest BCUT2D eigenvalue weighted by molar-refractivity contribution is 7.10. The highest BCUT2D eigenvalue weighted by Gasteiger charge is 2.10. The van der Waals surface area contributed by atoms with Crippen LogP contribution in [0.5, 0.6) is 0 Å². The number of amides is 1. The maximum Gasteiger partial charge on any atom is 0.433 e. The molecule has 1 amide bonds. The van der Waals surface area contributed by atoms with Gasteiger partial charge in [-0.25, -0.2) is 5.43 Å². The Balaban J connectivity index is 1.85. The Hall–Kier alpha value is -2.48. The van der Waals surface area contributed by atoms with E-state index in [4.69, 9.17) is 4.42 Å². The minimum Gasteiger partial charge on any atom is -0.400 e. The molecule has 1 N–H and O–H groups in total. The van der Waals surface area contributed by atoms with Crippen LogP contribution >= 0.6 is 11.3 Å². The standard InChI is InChI=1S/C11H9N3O4S/c15-10(6-9-2-1-5-19-9)13-12-7-8-3-4-11(18-8)14(16)17/h1-5,7H,6H2,(H,13,15)/b12-7+. The van der Waals surface area contributed by atoms with Crippen molar-refractivity contribution in [3.63, 3.8) is 0 Å². The fraction of sp³-hybridized carbons (Fsp3) is 0.0909. The first-order chi connectivity index (χ1) is 9.15. The van der Waals surface area contributed by atoms with Gasteiger partial charge in [-0.1, -0.05) is 6.07 Å². The monoisotopic (exact) mass is 279 g/mol. The number of thiophene rings is 1. The molecule has 0 fully saturated rings. The second-order valence-electron chi connectivity index (χ2n) is 3.48. The number of nitrogens with zero attached hydrogens (tertiary/aromatic N) is 2. The summed E-state index contributed by atoms with van der Waals surface area (Å²) in [5, 5.41) is 15.9. The van der Waals surface area contributed by atoms with Crippen molar-refractivity contribution in [2.45, 2.75) is 6.42 Å². The Kier molecular flexibility index (Phi) is 4.04. The molecule has 98 valence electrons. The molecular formula is C11H9N3O4S. The molecule has 0 bridgehead atoms. The Morgan fingerprint density at radius 3 is 3.00 bits per heavy atom. The van der Waals surface area contributed by atoms with E-state index in [-0.39, 0.29) is 24.0 Å². The van der Waals surface area contributed by atoms with Crippen LogP contribution in [0.2, 0.25) is 0 Å². The third-order valence-electron chi connectivity index (χ3n) is 2.09. The highest BCUT2D eigenvalue weighted by atomic mass is 32.1. The molecule has 2 heterocycles. The first kappa shape index (κ1) is 13.0. The van der Waals surface area contributed by atoms with Crippen LogP contribution in [0.4, 0.5) is 5.88 Å². The molecule has 8 heteroatoms. The highest BCUT2D eigenvalue weighted by Crippen LogP contribution is 2.13. The molecule has 2 aromatic heterocycles. The fourth-order valence-corrected chi connectivity index (χ4v) is 1.99. The van der Waals surface area contributed by atoms with Gasteiger partial charge in [-0.2, -0.15) is 5.10 Å². The van der Waals surface area contributed by atoms with Gasteiger partial charge in [-0.05, 0) is 17.5 Å². The smallest absolute Gasteiger partial charge is 0.400 e. The predicted octanol–water partition coefficient (Wildman–Crippen LogP) is 1.94. The number of carbonyl (C=O) groups is 1. The number of hydrogen-bond acceptors (Lipinski definition) is 6. The molecule has 0 aromatic carbocycles. The molecule has 0 unspecified atom stereocenters. The van der Waals surface area contributed by atoms with Gasteiger partial charge in [0.05, 0.1) is 18.7 Å². The van der Waals surface area contributed by atoms with E-state index in [0.29, 0.717) is 0 Å². The predicted molar refractivity (Wildman–Crippen MR) is 69.1 cm³/mol. The Bertz CT molecular complexity index is 603. The third kappa shape index (κ3) is 3.75. The summed E-state index contributed by atoms with van der Waals surface area (Å²) in [5.74, 6) is -0.436. The lowest BCUT2D eigenvalue weighted by molar-refractivity contribution is -0.402. The largest absolute Gasteiger partial charge is 0.433 e. The van der Waals surface area contributed by atoms with Crippen LogP contribution in [-0.4, -0.2) is 17.0 Å². The summed E-state index contributed by atoms with van der Waals surface area (Å²) in [4.78, 5) is 22.1. The van der Waals surface area contributed by atoms with Crippen molar-refractivity contribution in [3.8, 4) is 0 Å². The van der Waals surface area contributed by atoms with Crippen molar-refractivity contribution in [3.05, 3.63) is 50.4 Å². The van der Waals surface area contributed by atoms with Gasteiger partial charge in [0, 0.05) is 4.88 Å². The topological polar surface area (TPSA) is 97.7 Å². The number of furan rings is 1. The second-order valence-corrected chi connectivity index (χ2v) is 4.51. The van der Waals surface area contributed by atoms with Crippen LogP contribution in [0.3, 0.4) is 0 Å². The van der Waals surface area contributed by atoms with E-state index < -0.39 is 4.92 Å². The van der Waals surface area contributed by atoms with Crippen molar-refractivity contribution < 1.29 is 14.1 Å². The average Bonchev–Trinajstić information content (AvgIpc) is 3.00. The first-order valence-corrected chi connectivity index (χ1v) is 6.11. The quantitative estimate of drug-likeness (QED) is 0.513. The van der Waals surface area contributed by atoms with Crippen molar-refractivity contribution in [1.82, 2.24) is 5.43 Å². The van der Waals surface area contributed by atoms with Crippen LogP contribution in [0.15, 0.2) is 39.2 Å². The number of carbonyl (C=O) groups excluding carboxylic acids is 1. The number of rotatable bonds is 5. The number of nitrogens with one attached hydrogen (secondary N) is 1. The van der Waals surface area contributed by atoms with Crippen molar-refractivity contribution in [2.24, 2.45) is 5.10 Å². The molecule has 2 aromatic rings. The zero-order valence-corrected chi connectivity index (χ0v) is 10.4. The van der Waals surface area contributed by atoms with Crippen LogP contribution in [0.1, 0.15) is 10.6 Å². The van der Waals surface area contributed by atoms with Crippen molar-refractivity contribution in [1.29, 1.82) is 0 Å². The lowest BCUT2D eigenvalue weighted by Crippen LogP contribution is -2.19. The van der Waals surface area contributed by atoms with E-state index in [0.717, 1.165) is 4.88 Å². The Labute approximate surface area is 111 Å². The Morgan fingerprint density at radius 1 is 1.53 bits per heavy atom. The zero-order valence-electron chi connectivity index (χ0n) is 9.61. The third-order valence-corrected chi connectivity index (χ3v) is 2.96.